The Morgan fingerprint density at radius 3 is 3.18 bits per heavy atom. The summed E-state index contributed by atoms with van der Waals surface area (Å²) in [6, 6.07) is 3.75. The van der Waals surface area contributed by atoms with Crippen molar-refractivity contribution in [1.29, 1.82) is 0 Å². The Morgan fingerprint density at radius 2 is 2.29 bits per heavy atom. The summed E-state index contributed by atoms with van der Waals surface area (Å²) in [4.78, 5) is 8.33. The van der Waals surface area contributed by atoms with Crippen molar-refractivity contribution < 1.29 is 4.42 Å². The molecule has 0 radical (unpaired) electrons. The minimum Gasteiger partial charge on any atom is -0.464 e. The molecule has 3 heterocycles. The molecule has 3 aromatic rings. The summed E-state index contributed by atoms with van der Waals surface area (Å²) in [6.07, 6.45) is 5.66. The van der Waals surface area contributed by atoms with Gasteiger partial charge >= 0.3 is 0 Å². The van der Waals surface area contributed by atoms with E-state index in [9.17, 15) is 0 Å². The van der Waals surface area contributed by atoms with Crippen molar-refractivity contribution in [2.24, 2.45) is 0 Å². The van der Waals surface area contributed by atoms with Crippen LogP contribution in [0.25, 0.3) is 11.0 Å². The Morgan fingerprint density at radius 1 is 1.29 bits per heavy atom. The van der Waals surface area contributed by atoms with Crippen LogP contribution < -0.4 is 5.32 Å². The Hall–Kier alpha value is -2.37. The average molecular weight is 229 g/mol. The molecule has 0 spiro atoms. The fourth-order valence-electron chi connectivity index (χ4n) is 1.69. The van der Waals surface area contributed by atoms with E-state index in [1.807, 2.05) is 12.1 Å². The number of fused-ring (bicyclic) bond motifs is 1. The molecule has 3 rings (SSSR count). The predicted octanol–water partition coefficient (Wildman–Crippen LogP) is 1.60. The molecule has 0 aliphatic rings. The maximum Gasteiger partial charge on any atom is 0.139 e. The van der Waals surface area contributed by atoms with E-state index in [1.165, 1.54) is 6.33 Å². The first-order valence-corrected chi connectivity index (χ1v) is 5.34. The van der Waals surface area contributed by atoms with Gasteiger partial charge in [0.1, 0.15) is 23.6 Å². The van der Waals surface area contributed by atoms with Gasteiger partial charge < -0.3 is 9.73 Å². The molecule has 6 heteroatoms. The van der Waals surface area contributed by atoms with Crippen LogP contribution in [0.5, 0.6) is 0 Å². The second kappa shape index (κ2) is 4.25. The van der Waals surface area contributed by atoms with Crippen LogP contribution in [0.4, 0.5) is 5.82 Å². The molecule has 0 aliphatic heterocycles. The standard InChI is InChI=1S/C11H11N5O/c1-4-12-11(8-3-6-17-9(1)8)13-5-2-10-14-7-15-16-10/h1,3-4,6-7H,2,5H2,(H,12,13)(H,14,15,16). The van der Waals surface area contributed by atoms with Gasteiger partial charge in [-0.2, -0.15) is 5.10 Å². The van der Waals surface area contributed by atoms with E-state index in [-0.39, 0.29) is 0 Å². The summed E-state index contributed by atoms with van der Waals surface area (Å²) in [5.41, 5.74) is 0.835. The van der Waals surface area contributed by atoms with Crippen LogP contribution in [0.3, 0.4) is 0 Å². The zero-order valence-corrected chi connectivity index (χ0v) is 9.05. The Kier molecular flexibility index (Phi) is 2.45. The first kappa shape index (κ1) is 9.83. The van der Waals surface area contributed by atoms with Gasteiger partial charge in [-0.25, -0.2) is 9.97 Å². The number of anilines is 1. The van der Waals surface area contributed by atoms with E-state index in [0.717, 1.165) is 35.6 Å². The lowest BCUT2D eigenvalue weighted by Gasteiger charge is -2.04. The first-order valence-electron chi connectivity index (χ1n) is 5.34. The molecule has 0 unspecified atom stereocenters. The first-order chi connectivity index (χ1) is 8.43. The van der Waals surface area contributed by atoms with Gasteiger partial charge in [0.15, 0.2) is 0 Å². The number of pyridine rings is 1. The summed E-state index contributed by atoms with van der Waals surface area (Å²) in [5.74, 6) is 1.69. The van der Waals surface area contributed by atoms with Crippen molar-refractivity contribution in [3.05, 3.63) is 36.7 Å². The monoisotopic (exact) mass is 229 g/mol. The molecule has 0 aromatic carbocycles. The van der Waals surface area contributed by atoms with Crippen LogP contribution in [0.2, 0.25) is 0 Å². The van der Waals surface area contributed by atoms with Crippen LogP contribution in [0.15, 0.2) is 35.3 Å². The highest BCUT2D eigenvalue weighted by Gasteiger charge is 2.04. The number of rotatable bonds is 4. The van der Waals surface area contributed by atoms with Gasteiger partial charge in [-0.15, -0.1) is 0 Å². The molecule has 0 fully saturated rings. The molecule has 0 aliphatic carbocycles. The lowest BCUT2D eigenvalue weighted by molar-refractivity contribution is 0.615. The molecule has 0 bridgehead atoms. The molecule has 2 N–H and O–H groups in total. The molecule has 17 heavy (non-hydrogen) atoms. The van der Waals surface area contributed by atoms with E-state index in [1.54, 1.807) is 12.5 Å². The Bertz CT molecular complexity index is 601. The number of H-pyrrole nitrogens is 1. The predicted molar refractivity (Wildman–Crippen MR) is 62.6 cm³/mol. The summed E-state index contributed by atoms with van der Waals surface area (Å²) < 4.78 is 5.30. The molecule has 3 aromatic heterocycles. The fraction of sp³-hybridized carbons (Fsp3) is 0.182. The van der Waals surface area contributed by atoms with Gasteiger partial charge in [0.25, 0.3) is 0 Å². The third-order valence-corrected chi connectivity index (χ3v) is 2.50. The van der Waals surface area contributed by atoms with Crippen LogP contribution in [-0.4, -0.2) is 26.7 Å². The largest absolute Gasteiger partial charge is 0.464 e. The summed E-state index contributed by atoms with van der Waals surface area (Å²) in [5, 5.41) is 10.9. The highest BCUT2D eigenvalue weighted by molar-refractivity contribution is 5.87. The third-order valence-electron chi connectivity index (χ3n) is 2.50. The maximum absolute atomic E-state index is 5.30. The van der Waals surface area contributed by atoms with Crippen molar-refractivity contribution in [3.63, 3.8) is 0 Å². The van der Waals surface area contributed by atoms with Crippen molar-refractivity contribution in [1.82, 2.24) is 20.2 Å². The third kappa shape index (κ3) is 1.96. The zero-order valence-electron chi connectivity index (χ0n) is 9.05. The second-order valence-electron chi connectivity index (χ2n) is 3.60. The molecule has 6 nitrogen and oxygen atoms in total. The number of nitrogens with zero attached hydrogens (tertiary/aromatic N) is 3. The van der Waals surface area contributed by atoms with Gasteiger partial charge in [0.05, 0.1) is 11.6 Å². The minimum absolute atomic E-state index is 0.743. The average Bonchev–Trinajstić information content (AvgIpc) is 2.99. The SMILES string of the molecule is c1n[nH]c(CCNc2nccc3occc23)n1. The van der Waals surface area contributed by atoms with E-state index in [4.69, 9.17) is 4.42 Å². The number of hydrogen-bond acceptors (Lipinski definition) is 5. The lowest BCUT2D eigenvalue weighted by Crippen LogP contribution is -2.07. The Labute approximate surface area is 97.1 Å². The van der Waals surface area contributed by atoms with Crippen LogP contribution in [-0.2, 0) is 6.42 Å². The van der Waals surface area contributed by atoms with Crippen molar-refractivity contribution in [3.8, 4) is 0 Å². The Balaban J connectivity index is 1.70. The van der Waals surface area contributed by atoms with Gasteiger partial charge in [-0.05, 0) is 12.1 Å². The van der Waals surface area contributed by atoms with Gasteiger partial charge in [-0.1, -0.05) is 0 Å². The van der Waals surface area contributed by atoms with Crippen molar-refractivity contribution in [2.75, 3.05) is 11.9 Å². The molecule has 0 saturated heterocycles. The zero-order chi connectivity index (χ0) is 11.5. The molecule has 0 amide bonds. The van der Waals surface area contributed by atoms with Crippen LogP contribution >= 0.6 is 0 Å². The van der Waals surface area contributed by atoms with Crippen molar-refractivity contribution in [2.45, 2.75) is 6.42 Å². The highest BCUT2D eigenvalue weighted by atomic mass is 16.3. The second-order valence-corrected chi connectivity index (χ2v) is 3.60. The number of aromatic nitrogens is 4. The molecular formula is C11H11N5O. The van der Waals surface area contributed by atoms with Crippen LogP contribution in [0, 0.1) is 0 Å². The number of nitrogens with one attached hydrogen (secondary N) is 2. The van der Waals surface area contributed by atoms with E-state index < -0.39 is 0 Å². The number of hydrogen-bond donors (Lipinski definition) is 2. The molecule has 86 valence electrons. The van der Waals surface area contributed by atoms with E-state index >= 15 is 0 Å². The smallest absolute Gasteiger partial charge is 0.139 e. The number of furan rings is 1. The van der Waals surface area contributed by atoms with E-state index in [2.05, 4.69) is 25.5 Å². The number of aromatic amines is 1. The van der Waals surface area contributed by atoms with Gasteiger partial charge in [-0.3, -0.25) is 5.10 Å². The van der Waals surface area contributed by atoms with Crippen molar-refractivity contribution >= 4 is 16.8 Å². The molecular weight excluding hydrogens is 218 g/mol. The quantitative estimate of drug-likeness (QED) is 0.710. The summed E-state index contributed by atoms with van der Waals surface area (Å²) in [7, 11) is 0. The van der Waals surface area contributed by atoms with Gasteiger partial charge in [0.2, 0.25) is 0 Å². The molecule has 0 atom stereocenters. The normalized spacial score (nSPS) is 10.8. The van der Waals surface area contributed by atoms with Gasteiger partial charge in [0, 0.05) is 19.2 Å². The van der Waals surface area contributed by atoms with E-state index in [0.29, 0.717) is 0 Å². The lowest BCUT2D eigenvalue weighted by atomic mass is 10.3. The summed E-state index contributed by atoms with van der Waals surface area (Å²) in [6.45, 7) is 0.743. The molecule has 0 saturated carbocycles. The maximum atomic E-state index is 5.30. The highest BCUT2D eigenvalue weighted by Crippen LogP contribution is 2.21. The van der Waals surface area contributed by atoms with Crippen LogP contribution in [0.1, 0.15) is 5.82 Å². The summed E-state index contributed by atoms with van der Waals surface area (Å²) >= 11 is 0. The minimum atomic E-state index is 0.743. The fourth-order valence-corrected chi connectivity index (χ4v) is 1.69. The topological polar surface area (TPSA) is 79.6 Å².